The Morgan fingerprint density at radius 1 is 1.55 bits per heavy atom. The van der Waals surface area contributed by atoms with Crippen LogP contribution in [0.15, 0.2) is 11.6 Å². The second-order valence-electron chi connectivity index (χ2n) is 3.57. The highest BCUT2D eigenvalue weighted by atomic mass is 32.1. The standard InChI is InChI=1S/C7H14NOSSi/c1-11(2,3)7-8(6-9)4-5-10-7/h4-5,9H,6H2,1-3H3/q+1. The van der Waals surface area contributed by atoms with E-state index in [4.69, 9.17) is 5.11 Å². The fraction of sp³-hybridized carbons (Fsp3) is 0.571. The number of aliphatic hydroxyl groups excluding tert-OH is 1. The quantitative estimate of drug-likeness (QED) is 0.531. The molecule has 1 rings (SSSR count). The molecule has 0 fully saturated rings. The maximum absolute atomic E-state index is 8.96. The van der Waals surface area contributed by atoms with Gasteiger partial charge in [-0.25, -0.2) is 0 Å². The minimum absolute atomic E-state index is 0.114. The zero-order chi connectivity index (χ0) is 8.48. The van der Waals surface area contributed by atoms with Crippen LogP contribution in [0.2, 0.25) is 19.6 Å². The molecule has 0 atom stereocenters. The van der Waals surface area contributed by atoms with Gasteiger partial charge in [0.25, 0.3) is 6.73 Å². The molecule has 0 radical (unpaired) electrons. The number of aliphatic hydroxyl groups is 1. The predicted molar refractivity (Wildman–Crippen MR) is 49.7 cm³/mol. The maximum atomic E-state index is 8.96. The Balaban J connectivity index is 3.02. The summed E-state index contributed by atoms with van der Waals surface area (Å²) in [4.78, 5) is 0. The zero-order valence-corrected chi connectivity index (χ0v) is 8.98. The molecule has 0 aliphatic rings. The van der Waals surface area contributed by atoms with Gasteiger partial charge in [-0.05, 0) is 0 Å². The summed E-state index contributed by atoms with van der Waals surface area (Å²) in [5, 5.41) is 11.0. The molecule has 1 aromatic heterocycles. The fourth-order valence-electron chi connectivity index (χ4n) is 1.02. The van der Waals surface area contributed by atoms with E-state index in [2.05, 4.69) is 19.6 Å². The second-order valence-corrected chi connectivity index (χ2v) is 9.80. The molecule has 0 aromatic carbocycles. The van der Waals surface area contributed by atoms with Crippen molar-refractivity contribution in [2.75, 3.05) is 0 Å². The van der Waals surface area contributed by atoms with E-state index in [1.807, 2.05) is 16.1 Å². The van der Waals surface area contributed by atoms with E-state index in [9.17, 15) is 0 Å². The van der Waals surface area contributed by atoms with Crippen LogP contribution in [0.4, 0.5) is 0 Å². The van der Waals surface area contributed by atoms with Gasteiger partial charge >= 0.3 is 0 Å². The molecule has 1 heterocycles. The molecular formula is C7H14NOSSi+. The summed E-state index contributed by atoms with van der Waals surface area (Å²) in [6.07, 6.45) is 1.94. The predicted octanol–water partition coefficient (Wildman–Crippen LogP) is 0.531. The van der Waals surface area contributed by atoms with Crippen LogP contribution in [0, 0.1) is 0 Å². The molecule has 62 valence electrons. The summed E-state index contributed by atoms with van der Waals surface area (Å²) in [5.74, 6) is 0. The van der Waals surface area contributed by atoms with E-state index < -0.39 is 8.07 Å². The van der Waals surface area contributed by atoms with Crippen LogP contribution in [-0.2, 0) is 6.73 Å². The molecule has 0 bridgehead atoms. The second kappa shape index (κ2) is 3.04. The van der Waals surface area contributed by atoms with E-state index in [-0.39, 0.29) is 6.73 Å². The number of hydrogen-bond acceptors (Lipinski definition) is 2. The van der Waals surface area contributed by atoms with Crippen molar-refractivity contribution in [1.82, 2.24) is 0 Å². The van der Waals surface area contributed by atoms with Crippen molar-refractivity contribution in [3.05, 3.63) is 11.6 Å². The Kier molecular flexibility index (Phi) is 2.46. The molecule has 1 aromatic rings. The summed E-state index contributed by atoms with van der Waals surface area (Å²) in [5.41, 5.74) is 0. The van der Waals surface area contributed by atoms with E-state index in [0.29, 0.717) is 0 Å². The van der Waals surface area contributed by atoms with Crippen LogP contribution in [0.25, 0.3) is 0 Å². The normalized spacial score (nSPS) is 12.0. The van der Waals surface area contributed by atoms with Crippen molar-refractivity contribution in [3.8, 4) is 0 Å². The summed E-state index contributed by atoms with van der Waals surface area (Å²) in [6.45, 7) is 6.96. The Bertz CT molecular complexity index is 241. The lowest BCUT2D eigenvalue weighted by Crippen LogP contribution is -2.57. The number of aromatic nitrogens is 1. The van der Waals surface area contributed by atoms with Crippen LogP contribution in [0.3, 0.4) is 0 Å². The molecule has 0 aliphatic heterocycles. The number of nitrogens with zero attached hydrogens (tertiary/aromatic N) is 1. The molecule has 11 heavy (non-hydrogen) atoms. The van der Waals surface area contributed by atoms with Crippen molar-refractivity contribution >= 4 is 24.0 Å². The zero-order valence-electron chi connectivity index (χ0n) is 7.16. The molecule has 1 N–H and O–H groups in total. The average molecular weight is 188 g/mol. The highest BCUT2D eigenvalue weighted by molar-refractivity contribution is 7.23. The van der Waals surface area contributed by atoms with Crippen LogP contribution >= 0.6 is 11.3 Å². The van der Waals surface area contributed by atoms with Gasteiger partial charge in [0.1, 0.15) is 0 Å². The van der Waals surface area contributed by atoms with Gasteiger partial charge in [-0.2, -0.15) is 4.57 Å². The molecule has 0 amide bonds. The van der Waals surface area contributed by atoms with Gasteiger partial charge in [0, 0.05) is 0 Å². The minimum Gasteiger partial charge on any atom is -0.339 e. The Hall–Kier alpha value is -0.193. The first-order chi connectivity index (χ1) is 5.05. The first-order valence-corrected chi connectivity index (χ1v) is 8.02. The number of hydrogen-bond donors (Lipinski definition) is 1. The van der Waals surface area contributed by atoms with Gasteiger partial charge in [0.15, 0.2) is 14.3 Å². The van der Waals surface area contributed by atoms with Crippen LogP contribution in [0.5, 0.6) is 0 Å². The molecule has 2 nitrogen and oxygen atoms in total. The van der Waals surface area contributed by atoms with E-state index in [1.54, 1.807) is 11.3 Å². The number of rotatable bonds is 2. The summed E-state index contributed by atoms with van der Waals surface area (Å²) < 4.78 is 3.27. The van der Waals surface area contributed by atoms with Crippen LogP contribution in [-0.4, -0.2) is 13.2 Å². The highest BCUT2D eigenvalue weighted by Gasteiger charge is 2.28. The lowest BCUT2D eigenvalue weighted by molar-refractivity contribution is -0.711. The Labute approximate surface area is 72.1 Å². The molecule has 4 heteroatoms. The topological polar surface area (TPSA) is 24.1 Å². The third kappa shape index (κ3) is 1.88. The first-order valence-electron chi connectivity index (χ1n) is 3.64. The van der Waals surface area contributed by atoms with Crippen LogP contribution in [0.1, 0.15) is 0 Å². The smallest absolute Gasteiger partial charge is 0.250 e. The molecule has 0 aliphatic carbocycles. The summed E-state index contributed by atoms with van der Waals surface area (Å²) in [6, 6.07) is 0. The Morgan fingerprint density at radius 2 is 2.18 bits per heavy atom. The van der Waals surface area contributed by atoms with E-state index >= 15 is 0 Å². The van der Waals surface area contributed by atoms with Crippen molar-refractivity contribution in [3.63, 3.8) is 0 Å². The SMILES string of the molecule is C[Si](C)(C)c1scc[n+]1CO. The van der Waals surface area contributed by atoms with Crippen molar-refractivity contribution in [2.45, 2.75) is 26.4 Å². The van der Waals surface area contributed by atoms with Crippen molar-refractivity contribution < 1.29 is 9.67 Å². The molecule has 0 unspecified atom stereocenters. The molecule has 0 saturated heterocycles. The summed E-state index contributed by atoms with van der Waals surface area (Å²) in [7, 11) is -1.23. The average Bonchev–Trinajstić information content (AvgIpc) is 2.31. The summed E-state index contributed by atoms with van der Waals surface area (Å²) >= 11 is 1.75. The third-order valence-corrected chi connectivity index (χ3v) is 5.95. The fourth-order valence-corrected chi connectivity index (χ4v) is 4.24. The molecular weight excluding hydrogens is 174 g/mol. The highest BCUT2D eigenvalue weighted by Crippen LogP contribution is 2.02. The van der Waals surface area contributed by atoms with E-state index in [1.165, 1.54) is 4.63 Å². The van der Waals surface area contributed by atoms with Crippen LogP contribution < -0.4 is 9.20 Å². The molecule has 0 spiro atoms. The van der Waals surface area contributed by atoms with Gasteiger partial charge in [-0.15, -0.1) is 0 Å². The van der Waals surface area contributed by atoms with E-state index in [0.717, 1.165) is 0 Å². The van der Waals surface area contributed by atoms with Crippen molar-refractivity contribution in [2.24, 2.45) is 0 Å². The third-order valence-electron chi connectivity index (χ3n) is 1.48. The molecule has 0 saturated carbocycles. The van der Waals surface area contributed by atoms with Gasteiger partial charge in [0.05, 0.1) is 5.38 Å². The van der Waals surface area contributed by atoms with Gasteiger partial charge in [0.2, 0.25) is 4.63 Å². The monoisotopic (exact) mass is 188 g/mol. The number of thiazole rings is 1. The van der Waals surface area contributed by atoms with Crippen molar-refractivity contribution in [1.29, 1.82) is 0 Å². The Morgan fingerprint density at radius 3 is 2.55 bits per heavy atom. The minimum atomic E-state index is -1.23. The maximum Gasteiger partial charge on any atom is 0.250 e. The van der Waals surface area contributed by atoms with Gasteiger partial charge < -0.3 is 5.11 Å². The lowest BCUT2D eigenvalue weighted by atomic mass is 10.9. The van der Waals surface area contributed by atoms with Gasteiger partial charge in [-0.1, -0.05) is 31.0 Å². The van der Waals surface area contributed by atoms with Gasteiger partial charge in [-0.3, -0.25) is 0 Å². The largest absolute Gasteiger partial charge is 0.339 e. The first kappa shape index (κ1) is 8.90. The lowest BCUT2D eigenvalue weighted by Gasteiger charge is -2.08.